The van der Waals surface area contributed by atoms with E-state index in [1.54, 1.807) is 42.9 Å². The fraction of sp³-hybridized carbons (Fsp3) is 0.231. The molecule has 0 saturated carbocycles. The monoisotopic (exact) mass is 340 g/mol. The highest BCUT2D eigenvalue weighted by Crippen LogP contribution is 2.18. The first-order valence-electron chi connectivity index (χ1n) is 5.91. The Kier molecular flexibility index (Phi) is 4.29. The summed E-state index contributed by atoms with van der Waals surface area (Å²) in [6, 6.07) is 4.73. The minimum absolute atomic E-state index is 0.179. The van der Waals surface area contributed by atoms with Gasteiger partial charge in [0.2, 0.25) is 0 Å². The Hall–Kier alpha value is -2.02. The van der Waals surface area contributed by atoms with Crippen molar-refractivity contribution in [2.24, 2.45) is 7.05 Å². The largest absolute Gasteiger partial charge is 0.461 e. The molecular weight excluding hydrogens is 328 g/mol. The Morgan fingerprint density at radius 3 is 2.80 bits per heavy atom. The number of esters is 1. The Morgan fingerprint density at radius 1 is 1.45 bits per heavy atom. The summed E-state index contributed by atoms with van der Waals surface area (Å²) in [5.41, 5.74) is 0.857. The molecule has 6 nitrogen and oxygen atoms in total. The summed E-state index contributed by atoms with van der Waals surface area (Å²) in [5.74, 6) is -0.647. The zero-order valence-electron chi connectivity index (χ0n) is 11.0. The average Bonchev–Trinajstić information content (AvgIpc) is 2.96. The van der Waals surface area contributed by atoms with Crippen molar-refractivity contribution in [3.05, 3.63) is 40.5 Å². The molecule has 0 atom stereocenters. The van der Waals surface area contributed by atoms with Crippen LogP contribution in [0.5, 0.6) is 0 Å². The quantitative estimate of drug-likeness (QED) is 0.868. The number of nitrogens with zero attached hydrogens (tertiary/aromatic N) is 1. The number of hydrogen-bond acceptors (Lipinski definition) is 4. The van der Waals surface area contributed by atoms with E-state index < -0.39 is 11.9 Å². The second-order valence-electron chi connectivity index (χ2n) is 4.00. The van der Waals surface area contributed by atoms with Gasteiger partial charge in [0.05, 0.1) is 12.3 Å². The third-order valence-corrected chi connectivity index (χ3v) is 2.97. The molecule has 106 valence electrons. The van der Waals surface area contributed by atoms with Gasteiger partial charge >= 0.3 is 5.97 Å². The van der Waals surface area contributed by atoms with E-state index in [0.717, 1.165) is 0 Å². The number of hydrogen-bond donors (Lipinski definition) is 1. The van der Waals surface area contributed by atoms with Gasteiger partial charge in [-0.3, -0.25) is 4.79 Å². The zero-order chi connectivity index (χ0) is 14.7. The molecular formula is C13H13BrN2O4. The van der Waals surface area contributed by atoms with E-state index >= 15 is 0 Å². The minimum atomic E-state index is -0.434. The highest BCUT2D eigenvalue weighted by atomic mass is 79.9. The lowest BCUT2D eigenvalue weighted by Gasteiger charge is -2.01. The number of ether oxygens (including phenoxy) is 1. The fourth-order valence-corrected chi connectivity index (χ4v) is 1.98. The smallest absolute Gasteiger partial charge is 0.355 e. The van der Waals surface area contributed by atoms with Crippen molar-refractivity contribution in [1.82, 2.24) is 4.57 Å². The van der Waals surface area contributed by atoms with Crippen LogP contribution >= 0.6 is 15.9 Å². The number of aromatic nitrogens is 1. The summed E-state index contributed by atoms with van der Waals surface area (Å²) in [6.07, 6.45) is 1.63. The van der Waals surface area contributed by atoms with Crippen LogP contribution in [0.1, 0.15) is 28.0 Å². The first-order chi connectivity index (χ1) is 9.51. The van der Waals surface area contributed by atoms with Gasteiger partial charge in [-0.1, -0.05) is 0 Å². The maximum Gasteiger partial charge on any atom is 0.355 e. The number of furan rings is 1. The number of amides is 1. The van der Waals surface area contributed by atoms with Gasteiger partial charge < -0.3 is 19.0 Å². The number of aryl methyl sites for hydroxylation is 1. The molecule has 0 aliphatic carbocycles. The van der Waals surface area contributed by atoms with E-state index in [2.05, 4.69) is 21.2 Å². The lowest BCUT2D eigenvalue weighted by molar-refractivity contribution is 0.0515. The van der Waals surface area contributed by atoms with Crippen LogP contribution in [0.2, 0.25) is 0 Å². The fourth-order valence-electron chi connectivity index (χ4n) is 1.67. The Labute approximate surface area is 123 Å². The van der Waals surface area contributed by atoms with Gasteiger partial charge in [-0.2, -0.15) is 0 Å². The van der Waals surface area contributed by atoms with Crippen LogP contribution in [-0.2, 0) is 11.8 Å². The number of anilines is 1. The van der Waals surface area contributed by atoms with Gasteiger partial charge in [0.15, 0.2) is 10.4 Å². The van der Waals surface area contributed by atoms with E-state index in [1.165, 1.54) is 0 Å². The van der Waals surface area contributed by atoms with Crippen molar-refractivity contribution in [2.75, 3.05) is 11.9 Å². The minimum Gasteiger partial charge on any atom is -0.461 e. The number of halogens is 1. The van der Waals surface area contributed by atoms with Crippen LogP contribution in [0.25, 0.3) is 0 Å². The summed E-state index contributed by atoms with van der Waals surface area (Å²) in [4.78, 5) is 23.5. The molecule has 20 heavy (non-hydrogen) atoms. The molecule has 1 amide bonds. The standard InChI is InChI=1S/C13H13BrN2O4/c1-3-19-13(18)9-6-8(7-16(9)2)15-12(17)10-4-5-11(14)20-10/h4-7H,3H2,1-2H3,(H,15,17). The molecule has 1 N–H and O–H groups in total. The maximum absolute atomic E-state index is 11.9. The molecule has 0 aliphatic heterocycles. The Balaban J connectivity index is 2.12. The molecule has 2 aromatic rings. The average molecular weight is 341 g/mol. The number of nitrogens with one attached hydrogen (secondary N) is 1. The SMILES string of the molecule is CCOC(=O)c1cc(NC(=O)c2ccc(Br)o2)cn1C. The van der Waals surface area contributed by atoms with Crippen LogP contribution in [0.3, 0.4) is 0 Å². The maximum atomic E-state index is 11.9. The molecule has 7 heteroatoms. The lowest BCUT2D eigenvalue weighted by atomic mass is 10.3. The molecule has 2 heterocycles. The van der Waals surface area contributed by atoms with Crippen LogP contribution in [0.15, 0.2) is 33.5 Å². The van der Waals surface area contributed by atoms with Crippen molar-refractivity contribution in [2.45, 2.75) is 6.92 Å². The van der Waals surface area contributed by atoms with Gasteiger partial charge in [0.25, 0.3) is 5.91 Å². The van der Waals surface area contributed by atoms with Crippen molar-refractivity contribution in [3.8, 4) is 0 Å². The number of carbonyl (C=O) groups excluding carboxylic acids is 2. The normalized spacial score (nSPS) is 10.3. The second kappa shape index (κ2) is 5.96. The molecule has 0 fully saturated rings. The zero-order valence-corrected chi connectivity index (χ0v) is 12.6. The van der Waals surface area contributed by atoms with Gasteiger partial charge in [-0.25, -0.2) is 4.79 Å². The van der Waals surface area contributed by atoms with Crippen molar-refractivity contribution in [1.29, 1.82) is 0 Å². The van der Waals surface area contributed by atoms with E-state index in [1.807, 2.05) is 0 Å². The van der Waals surface area contributed by atoms with Crippen LogP contribution in [0.4, 0.5) is 5.69 Å². The second-order valence-corrected chi connectivity index (χ2v) is 4.78. The highest BCUT2D eigenvalue weighted by Gasteiger charge is 2.16. The van der Waals surface area contributed by atoms with Crippen molar-refractivity contribution < 1.29 is 18.7 Å². The molecule has 0 spiro atoms. The summed E-state index contributed by atoms with van der Waals surface area (Å²) in [7, 11) is 1.70. The van der Waals surface area contributed by atoms with Gasteiger partial charge in [-0.15, -0.1) is 0 Å². The highest BCUT2D eigenvalue weighted by molar-refractivity contribution is 9.10. The Bertz CT molecular complexity index is 645. The van der Waals surface area contributed by atoms with Crippen LogP contribution in [-0.4, -0.2) is 23.1 Å². The molecule has 0 aromatic carbocycles. The molecule has 2 aromatic heterocycles. The molecule has 0 radical (unpaired) electrons. The van der Waals surface area contributed by atoms with Crippen molar-refractivity contribution >= 4 is 33.5 Å². The molecule has 0 aliphatic rings. The van der Waals surface area contributed by atoms with E-state index in [0.29, 0.717) is 22.7 Å². The topological polar surface area (TPSA) is 73.5 Å². The van der Waals surface area contributed by atoms with Crippen LogP contribution in [0, 0.1) is 0 Å². The molecule has 0 saturated heterocycles. The van der Waals surface area contributed by atoms with Gasteiger partial charge in [0.1, 0.15) is 5.69 Å². The summed E-state index contributed by atoms with van der Waals surface area (Å²) in [5, 5.41) is 2.65. The summed E-state index contributed by atoms with van der Waals surface area (Å²) >= 11 is 3.13. The van der Waals surface area contributed by atoms with E-state index in [9.17, 15) is 9.59 Å². The first-order valence-corrected chi connectivity index (χ1v) is 6.70. The third kappa shape index (κ3) is 3.11. The molecule has 0 bridgehead atoms. The number of carbonyl (C=O) groups is 2. The van der Waals surface area contributed by atoms with Gasteiger partial charge in [-0.05, 0) is 41.1 Å². The van der Waals surface area contributed by atoms with Gasteiger partial charge in [0, 0.05) is 13.2 Å². The first kappa shape index (κ1) is 14.4. The van der Waals surface area contributed by atoms with E-state index in [4.69, 9.17) is 9.15 Å². The van der Waals surface area contributed by atoms with Crippen LogP contribution < -0.4 is 5.32 Å². The van der Waals surface area contributed by atoms with E-state index in [-0.39, 0.29) is 5.76 Å². The third-order valence-electron chi connectivity index (χ3n) is 2.54. The number of rotatable bonds is 4. The summed E-state index contributed by atoms with van der Waals surface area (Å²) < 4.78 is 12.1. The lowest BCUT2D eigenvalue weighted by Crippen LogP contribution is -2.10. The van der Waals surface area contributed by atoms with Crippen molar-refractivity contribution in [3.63, 3.8) is 0 Å². The predicted octanol–water partition coefficient (Wildman–Crippen LogP) is 2.81. The summed E-state index contributed by atoms with van der Waals surface area (Å²) in [6.45, 7) is 2.03. The molecule has 0 unspecified atom stereocenters. The molecule has 2 rings (SSSR count). The Morgan fingerprint density at radius 2 is 2.20 bits per heavy atom. The predicted molar refractivity (Wildman–Crippen MR) is 75.7 cm³/mol.